The maximum absolute atomic E-state index is 14.2. The Labute approximate surface area is 124 Å². The van der Waals surface area contributed by atoms with Crippen LogP contribution in [0, 0.1) is 11.7 Å². The summed E-state index contributed by atoms with van der Waals surface area (Å²) in [7, 11) is -2.48. The van der Waals surface area contributed by atoms with Crippen molar-refractivity contribution in [3.05, 3.63) is 28.5 Å². The second kappa shape index (κ2) is 6.85. The van der Waals surface area contributed by atoms with Gasteiger partial charge in [0.25, 0.3) is 0 Å². The van der Waals surface area contributed by atoms with E-state index in [0.717, 1.165) is 16.8 Å². The topological polar surface area (TPSA) is 63.4 Å². The molecule has 0 amide bonds. The third kappa shape index (κ3) is 3.69. The summed E-state index contributed by atoms with van der Waals surface area (Å²) in [5.74, 6) is -0.640. The number of rotatable bonds is 6. The van der Waals surface area contributed by atoms with Crippen LogP contribution in [-0.2, 0) is 16.6 Å². The predicted molar refractivity (Wildman–Crippen MR) is 78.6 cm³/mol. The second-order valence-electron chi connectivity index (χ2n) is 4.88. The van der Waals surface area contributed by atoms with E-state index in [9.17, 15) is 12.8 Å². The zero-order valence-electron chi connectivity index (χ0n) is 11.9. The van der Waals surface area contributed by atoms with Crippen LogP contribution in [0.1, 0.15) is 25.8 Å². The Kier molecular flexibility index (Phi) is 5.94. The van der Waals surface area contributed by atoms with E-state index >= 15 is 0 Å². The molecule has 1 atom stereocenters. The van der Waals surface area contributed by atoms with Gasteiger partial charge in [-0.3, -0.25) is 0 Å². The summed E-state index contributed by atoms with van der Waals surface area (Å²) < 4.78 is 40.2. The number of sulfonamides is 1. The Balaban J connectivity index is 3.25. The molecule has 1 aromatic carbocycles. The van der Waals surface area contributed by atoms with Gasteiger partial charge < -0.3 is 5.73 Å². The average molecular weight is 323 g/mol. The molecule has 7 heteroatoms. The van der Waals surface area contributed by atoms with Gasteiger partial charge in [-0.05, 0) is 18.1 Å². The molecule has 0 aliphatic rings. The Morgan fingerprint density at radius 2 is 2.05 bits per heavy atom. The SMILES string of the molecule is CCC(C)CN(C)S(=O)(=O)c1cc(Cl)cc(CN)c1F. The molecule has 1 rings (SSSR count). The molecule has 0 radical (unpaired) electrons. The van der Waals surface area contributed by atoms with Gasteiger partial charge in [0.15, 0.2) is 0 Å². The van der Waals surface area contributed by atoms with E-state index in [0.29, 0.717) is 6.54 Å². The lowest BCUT2D eigenvalue weighted by molar-refractivity contribution is 0.391. The van der Waals surface area contributed by atoms with Gasteiger partial charge in [-0.2, -0.15) is 0 Å². The highest BCUT2D eigenvalue weighted by Gasteiger charge is 2.27. The summed E-state index contributed by atoms with van der Waals surface area (Å²) in [6.07, 6.45) is 0.839. The van der Waals surface area contributed by atoms with E-state index < -0.39 is 20.7 Å². The maximum atomic E-state index is 14.2. The standard InChI is InChI=1S/C13H20ClFN2O2S/c1-4-9(2)8-17(3)20(18,19)12-6-11(14)5-10(7-16)13(12)15/h5-6,9H,4,7-8,16H2,1-3H3. The van der Waals surface area contributed by atoms with Crippen LogP contribution in [0.3, 0.4) is 0 Å². The molecular formula is C13H20ClFN2O2S. The van der Waals surface area contributed by atoms with Crippen LogP contribution in [0.4, 0.5) is 4.39 Å². The minimum absolute atomic E-state index is 0.0908. The van der Waals surface area contributed by atoms with E-state index in [1.165, 1.54) is 13.1 Å². The quantitative estimate of drug-likeness (QED) is 0.875. The fourth-order valence-electron chi connectivity index (χ4n) is 1.79. The third-order valence-electron chi connectivity index (χ3n) is 3.25. The van der Waals surface area contributed by atoms with E-state index in [2.05, 4.69) is 0 Å². The number of nitrogens with zero attached hydrogens (tertiary/aromatic N) is 1. The number of benzene rings is 1. The van der Waals surface area contributed by atoms with Crippen LogP contribution in [0.5, 0.6) is 0 Å². The summed E-state index contributed by atoms with van der Waals surface area (Å²) in [6.45, 7) is 4.12. The minimum Gasteiger partial charge on any atom is -0.326 e. The first-order valence-corrected chi connectivity index (χ1v) is 8.20. The molecule has 0 aliphatic heterocycles. The molecule has 0 aromatic heterocycles. The fourth-order valence-corrected chi connectivity index (χ4v) is 3.51. The van der Waals surface area contributed by atoms with Crippen LogP contribution >= 0.6 is 11.6 Å². The second-order valence-corrected chi connectivity index (χ2v) is 7.33. The van der Waals surface area contributed by atoms with Crippen molar-refractivity contribution in [3.63, 3.8) is 0 Å². The number of halogens is 2. The van der Waals surface area contributed by atoms with Crippen molar-refractivity contribution in [3.8, 4) is 0 Å². The van der Waals surface area contributed by atoms with Crippen molar-refractivity contribution in [2.45, 2.75) is 31.7 Å². The van der Waals surface area contributed by atoms with Crippen molar-refractivity contribution in [1.29, 1.82) is 0 Å². The van der Waals surface area contributed by atoms with Gasteiger partial charge in [-0.15, -0.1) is 0 Å². The molecule has 114 valence electrons. The molecule has 1 unspecified atom stereocenters. The molecule has 0 fully saturated rings. The zero-order chi connectivity index (χ0) is 15.5. The molecule has 0 bridgehead atoms. The van der Waals surface area contributed by atoms with Gasteiger partial charge >= 0.3 is 0 Å². The summed E-state index contributed by atoms with van der Waals surface area (Å²) >= 11 is 5.84. The van der Waals surface area contributed by atoms with Crippen LogP contribution in [-0.4, -0.2) is 26.3 Å². The molecule has 0 heterocycles. The van der Waals surface area contributed by atoms with E-state index in [-0.39, 0.29) is 23.0 Å². The lowest BCUT2D eigenvalue weighted by Gasteiger charge is -2.21. The lowest BCUT2D eigenvalue weighted by Crippen LogP contribution is -2.31. The van der Waals surface area contributed by atoms with Crippen LogP contribution in [0.2, 0.25) is 5.02 Å². The molecule has 0 spiro atoms. The van der Waals surface area contributed by atoms with Gasteiger partial charge in [0.05, 0.1) is 0 Å². The maximum Gasteiger partial charge on any atom is 0.245 e. The van der Waals surface area contributed by atoms with Crippen molar-refractivity contribution < 1.29 is 12.8 Å². The first kappa shape index (κ1) is 17.4. The van der Waals surface area contributed by atoms with Gasteiger partial charge in [-0.1, -0.05) is 31.9 Å². The Morgan fingerprint density at radius 1 is 1.45 bits per heavy atom. The Bertz CT molecular complexity index is 578. The molecule has 0 saturated heterocycles. The molecular weight excluding hydrogens is 303 g/mol. The predicted octanol–water partition coefficient (Wildman–Crippen LogP) is 2.60. The van der Waals surface area contributed by atoms with Crippen molar-refractivity contribution in [2.24, 2.45) is 11.7 Å². The highest BCUT2D eigenvalue weighted by Crippen LogP contribution is 2.26. The van der Waals surface area contributed by atoms with Gasteiger partial charge in [0.2, 0.25) is 10.0 Å². The Hall–Kier alpha value is -0.690. The van der Waals surface area contributed by atoms with E-state index in [1.54, 1.807) is 0 Å². The van der Waals surface area contributed by atoms with Gasteiger partial charge in [0.1, 0.15) is 10.7 Å². The van der Waals surface area contributed by atoms with Crippen LogP contribution in [0.25, 0.3) is 0 Å². The first-order valence-electron chi connectivity index (χ1n) is 6.38. The van der Waals surface area contributed by atoms with Crippen molar-refractivity contribution in [2.75, 3.05) is 13.6 Å². The number of nitrogens with two attached hydrogens (primary N) is 1. The average Bonchev–Trinajstić information content (AvgIpc) is 2.40. The van der Waals surface area contributed by atoms with Crippen molar-refractivity contribution >= 4 is 21.6 Å². The monoisotopic (exact) mass is 322 g/mol. The zero-order valence-corrected chi connectivity index (χ0v) is 13.4. The normalized spacial score (nSPS) is 13.8. The van der Waals surface area contributed by atoms with Crippen LogP contribution < -0.4 is 5.73 Å². The number of hydrogen-bond donors (Lipinski definition) is 1. The molecule has 4 nitrogen and oxygen atoms in total. The van der Waals surface area contributed by atoms with E-state index in [1.807, 2.05) is 13.8 Å². The molecule has 0 saturated carbocycles. The van der Waals surface area contributed by atoms with Crippen LogP contribution in [0.15, 0.2) is 17.0 Å². The Morgan fingerprint density at radius 3 is 2.55 bits per heavy atom. The minimum atomic E-state index is -3.91. The first-order chi connectivity index (χ1) is 9.23. The largest absolute Gasteiger partial charge is 0.326 e. The summed E-state index contributed by atoms with van der Waals surface area (Å²) in [4.78, 5) is -0.420. The summed E-state index contributed by atoms with van der Waals surface area (Å²) in [5.41, 5.74) is 5.49. The molecule has 0 aliphatic carbocycles. The molecule has 20 heavy (non-hydrogen) atoms. The fraction of sp³-hybridized carbons (Fsp3) is 0.538. The van der Waals surface area contributed by atoms with E-state index in [4.69, 9.17) is 17.3 Å². The highest BCUT2D eigenvalue weighted by molar-refractivity contribution is 7.89. The highest BCUT2D eigenvalue weighted by atomic mass is 35.5. The number of hydrogen-bond acceptors (Lipinski definition) is 3. The van der Waals surface area contributed by atoms with Gasteiger partial charge in [-0.25, -0.2) is 17.1 Å². The molecule has 1 aromatic rings. The summed E-state index contributed by atoms with van der Waals surface area (Å²) in [5, 5.41) is 0.155. The van der Waals surface area contributed by atoms with Crippen molar-refractivity contribution in [1.82, 2.24) is 4.31 Å². The third-order valence-corrected chi connectivity index (χ3v) is 5.29. The lowest BCUT2D eigenvalue weighted by atomic mass is 10.1. The summed E-state index contributed by atoms with van der Waals surface area (Å²) in [6, 6.07) is 2.46. The smallest absolute Gasteiger partial charge is 0.245 e. The molecule has 2 N–H and O–H groups in total. The van der Waals surface area contributed by atoms with Gasteiger partial charge in [0, 0.05) is 30.7 Å².